The lowest BCUT2D eigenvalue weighted by Crippen LogP contribution is -1.98. The van der Waals surface area contributed by atoms with Crippen LogP contribution in [0.4, 0.5) is 0 Å². The maximum Gasteiger partial charge on any atom is 0.0496 e. The molecule has 0 N–H and O–H groups in total. The first kappa shape index (κ1) is 11.4. The van der Waals surface area contributed by atoms with Gasteiger partial charge in [0, 0.05) is 13.7 Å². The van der Waals surface area contributed by atoms with E-state index in [1.165, 1.54) is 0 Å². The summed E-state index contributed by atoms with van der Waals surface area (Å²) >= 11 is 12.3. The highest BCUT2D eigenvalue weighted by Crippen LogP contribution is 2.32. The smallest absolute Gasteiger partial charge is 0.0496 e. The van der Waals surface area contributed by atoms with Crippen molar-refractivity contribution in [3.05, 3.63) is 0 Å². The van der Waals surface area contributed by atoms with E-state index in [1.54, 1.807) is 0 Å². The minimum absolute atomic E-state index is 0.426. The molecule has 0 rings (SSSR count). The standard InChI is InChI=1S/C6H14S4/c1-4(7)9-6(3)10-5(2)8/h4-8H,1-3H3. The van der Waals surface area contributed by atoms with Crippen LogP contribution in [0.15, 0.2) is 0 Å². The Labute approximate surface area is 83.1 Å². The molecule has 2 unspecified atom stereocenters. The van der Waals surface area contributed by atoms with Gasteiger partial charge in [0.25, 0.3) is 0 Å². The average molecular weight is 214 g/mol. The van der Waals surface area contributed by atoms with Crippen molar-refractivity contribution < 1.29 is 0 Å². The Morgan fingerprint density at radius 3 is 1.40 bits per heavy atom. The molecule has 0 aromatic carbocycles. The van der Waals surface area contributed by atoms with Gasteiger partial charge in [0.05, 0.1) is 0 Å². The normalized spacial score (nSPS) is 20.1. The SMILES string of the molecule is CC(S)SC(C)SC(C)S. The van der Waals surface area contributed by atoms with Crippen LogP contribution in [0.3, 0.4) is 0 Å². The summed E-state index contributed by atoms with van der Waals surface area (Å²) in [6.45, 7) is 6.37. The number of thioether (sulfide) groups is 2. The molecule has 0 aliphatic rings. The second-order valence-electron chi connectivity index (χ2n) is 2.04. The Balaban J connectivity index is 3.34. The highest BCUT2D eigenvalue weighted by Gasteiger charge is 2.07. The summed E-state index contributed by atoms with van der Waals surface area (Å²) in [5.41, 5.74) is 0. The van der Waals surface area contributed by atoms with Gasteiger partial charge in [-0.2, -0.15) is 25.3 Å². The first-order chi connectivity index (χ1) is 4.52. The van der Waals surface area contributed by atoms with E-state index in [9.17, 15) is 0 Å². The predicted octanol–water partition coefficient (Wildman–Crippen LogP) is 3.35. The molecule has 0 bridgehead atoms. The molecule has 0 spiro atoms. The van der Waals surface area contributed by atoms with Gasteiger partial charge < -0.3 is 0 Å². The van der Waals surface area contributed by atoms with Crippen LogP contribution in [-0.2, 0) is 0 Å². The van der Waals surface area contributed by atoms with E-state index in [1.807, 2.05) is 23.5 Å². The molecule has 0 aliphatic carbocycles. The molecule has 4 heteroatoms. The molecule has 2 atom stereocenters. The van der Waals surface area contributed by atoms with Crippen LogP contribution in [0.5, 0.6) is 0 Å². The van der Waals surface area contributed by atoms with E-state index in [4.69, 9.17) is 0 Å². The van der Waals surface area contributed by atoms with Crippen molar-refractivity contribution in [2.24, 2.45) is 0 Å². The van der Waals surface area contributed by atoms with Gasteiger partial charge in [-0.05, 0) is 20.8 Å². The Kier molecular flexibility index (Phi) is 6.81. The fourth-order valence-electron chi connectivity index (χ4n) is 0.587. The molecule has 0 nitrogen and oxygen atoms in total. The third-order valence-corrected chi connectivity index (χ3v) is 3.73. The molecule has 0 radical (unpaired) electrons. The fourth-order valence-corrected chi connectivity index (χ4v) is 4.54. The van der Waals surface area contributed by atoms with Gasteiger partial charge >= 0.3 is 0 Å². The quantitative estimate of drug-likeness (QED) is 0.544. The zero-order chi connectivity index (χ0) is 8.15. The van der Waals surface area contributed by atoms with Crippen LogP contribution >= 0.6 is 48.8 Å². The monoisotopic (exact) mass is 214 g/mol. The molecule has 0 aromatic heterocycles. The summed E-state index contributed by atoms with van der Waals surface area (Å²) in [5.74, 6) is 0. The van der Waals surface area contributed by atoms with E-state index < -0.39 is 0 Å². The highest BCUT2D eigenvalue weighted by atomic mass is 32.2. The van der Waals surface area contributed by atoms with E-state index in [-0.39, 0.29) is 0 Å². The molecule has 0 heterocycles. The second-order valence-corrected chi connectivity index (χ2v) is 7.96. The number of rotatable bonds is 4. The van der Waals surface area contributed by atoms with Crippen LogP contribution in [0.25, 0.3) is 0 Å². The average Bonchev–Trinajstić information content (AvgIpc) is 1.58. The molecular weight excluding hydrogens is 200 g/mol. The largest absolute Gasteiger partial charge is 0.165 e. The lowest BCUT2D eigenvalue weighted by atomic mass is 10.9. The van der Waals surface area contributed by atoms with Crippen molar-refractivity contribution in [3.63, 3.8) is 0 Å². The molecule has 0 aliphatic heterocycles. The van der Waals surface area contributed by atoms with Crippen molar-refractivity contribution in [1.29, 1.82) is 0 Å². The van der Waals surface area contributed by atoms with Gasteiger partial charge in [-0.3, -0.25) is 0 Å². The molecule has 0 aromatic rings. The summed E-state index contributed by atoms with van der Waals surface area (Å²) in [6, 6.07) is 0. The molecule has 0 fully saturated rings. The predicted molar refractivity (Wildman–Crippen MR) is 61.5 cm³/mol. The third-order valence-electron chi connectivity index (χ3n) is 0.777. The van der Waals surface area contributed by atoms with Crippen LogP contribution in [0, 0.1) is 0 Å². The van der Waals surface area contributed by atoms with Gasteiger partial charge in [-0.1, -0.05) is 0 Å². The molecule has 0 amide bonds. The van der Waals surface area contributed by atoms with Crippen molar-refractivity contribution in [2.45, 2.75) is 34.5 Å². The minimum atomic E-state index is 0.426. The first-order valence-electron chi connectivity index (χ1n) is 3.19. The Hall–Kier alpha value is 1.40. The summed E-state index contributed by atoms with van der Waals surface area (Å²) in [7, 11) is 0. The fraction of sp³-hybridized carbons (Fsp3) is 1.00. The maximum atomic E-state index is 4.28. The zero-order valence-electron chi connectivity index (χ0n) is 6.44. The van der Waals surface area contributed by atoms with E-state index in [0.29, 0.717) is 13.7 Å². The second kappa shape index (κ2) is 5.98. The van der Waals surface area contributed by atoms with Crippen LogP contribution < -0.4 is 0 Å². The van der Waals surface area contributed by atoms with Crippen LogP contribution in [0.2, 0.25) is 0 Å². The molecule has 0 saturated heterocycles. The van der Waals surface area contributed by atoms with Gasteiger partial charge in [-0.25, -0.2) is 0 Å². The number of hydrogen-bond donors (Lipinski definition) is 2. The lowest BCUT2D eigenvalue weighted by Gasteiger charge is -2.14. The Morgan fingerprint density at radius 2 is 1.20 bits per heavy atom. The molecule has 0 saturated carbocycles. The topological polar surface area (TPSA) is 0 Å². The minimum Gasteiger partial charge on any atom is -0.165 e. The van der Waals surface area contributed by atoms with Gasteiger partial charge in [0.15, 0.2) is 0 Å². The third kappa shape index (κ3) is 7.51. The maximum absolute atomic E-state index is 4.28. The van der Waals surface area contributed by atoms with E-state index >= 15 is 0 Å². The van der Waals surface area contributed by atoms with Gasteiger partial charge in [-0.15, -0.1) is 23.5 Å². The summed E-state index contributed by atoms with van der Waals surface area (Å²) in [4.78, 5) is 0. The van der Waals surface area contributed by atoms with Gasteiger partial charge in [0.1, 0.15) is 0 Å². The van der Waals surface area contributed by atoms with E-state index in [2.05, 4.69) is 46.0 Å². The molecule has 10 heavy (non-hydrogen) atoms. The molecular formula is C6H14S4. The first-order valence-corrected chi connectivity index (χ1v) is 6.11. The summed E-state index contributed by atoms with van der Waals surface area (Å²) in [5, 5.41) is 0. The van der Waals surface area contributed by atoms with E-state index in [0.717, 1.165) is 0 Å². The summed E-state index contributed by atoms with van der Waals surface area (Å²) in [6.07, 6.45) is 0. The van der Waals surface area contributed by atoms with Crippen molar-refractivity contribution >= 4 is 48.8 Å². The van der Waals surface area contributed by atoms with Crippen molar-refractivity contribution in [3.8, 4) is 0 Å². The Morgan fingerprint density at radius 1 is 0.900 bits per heavy atom. The lowest BCUT2D eigenvalue weighted by molar-refractivity contribution is 1.33. The van der Waals surface area contributed by atoms with Crippen molar-refractivity contribution in [2.75, 3.05) is 0 Å². The van der Waals surface area contributed by atoms with Crippen LogP contribution in [0.1, 0.15) is 20.8 Å². The highest BCUT2D eigenvalue weighted by molar-refractivity contribution is 8.24. The number of thiol groups is 2. The van der Waals surface area contributed by atoms with Gasteiger partial charge in [0.2, 0.25) is 0 Å². The van der Waals surface area contributed by atoms with Crippen LogP contribution in [-0.4, -0.2) is 13.7 Å². The number of hydrogen-bond acceptors (Lipinski definition) is 4. The summed E-state index contributed by atoms with van der Waals surface area (Å²) < 4.78 is 1.45. The zero-order valence-corrected chi connectivity index (χ0v) is 9.86. The van der Waals surface area contributed by atoms with Crippen molar-refractivity contribution in [1.82, 2.24) is 0 Å². The molecule has 62 valence electrons. The Bertz CT molecular complexity index is 71.8.